The maximum Gasteiger partial charge on any atom is 0.415 e. The van der Waals surface area contributed by atoms with Gasteiger partial charge in [-0.3, -0.25) is 4.98 Å². The summed E-state index contributed by atoms with van der Waals surface area (Å²) >= 11 is 0. The largest absolute Gasteiger partial charge is 0.415 e. The first kappa shape index (κ1) is 11.0. The Morgan fingerprint density at radius 2 is 2.06 bits per heavy atom. The number of amides is 1. The fourth-order valence-electron chi connectivity index (χ4n) is 2.17. The van der Waals surface area contributed by atoms with Gasteiger partial charge in [-0.1, -0.05) is 6.07 Å². The number of nitrogens with zero attached hydrogens (tertiary/aromatic N) is 2. The molecule has 0 aliphatic carbocycles. The highest BCUT2D eigenvalue weighted by Gasteiger charge is 2.19. The number of pyridine rings is 1. The summed E-state index contributed by atoms with van der Waals surface area (Å²) in [4.78, 5) is 17.8. The zero-order valence-corrected chi connectivity index (χ0v) is 10.0. The fraction of sp³-hybridized carbons (Fsp3) is 0.286. The Morgan fingerprint density at radius 3 is 2.89 bits per heavy atom. The van der Waals surface area contributed by atoms with Crippen LogP contribution in [0.3, 0.4) is 0 Å². The molecule has 1 aliphatic heterocycles. The number of benzene rings is 1. The first-order chi connectivity index (χ1) is 8.83. The Balaban J connectivity index is 1.79. The number of aromatic nitrogens is 1. The standard InChI is InChI=1S/C14H14N2O2/c17-14(16-8-1-2-9-16)18-12-6-5-11-4-3-7-15-13(11)10-12/h3-7,10H,1-2,8-9H2. The van der Waals surface area contributed by atoms with Crippen molar-refractivity contribution in [3.8, 4) is 5.75 Å². The van der Waals surface area contributed by atoms with Gasteiger partial charge in [-0.15, -0.1) is 0 Å². The molecule has 0 bridgehead atoms. The van der Waals surface area contributed by atoms with Gasteiger partial charge >= 0.3 is 6.09 Å². The van der Waals surface area contributed by atoms with Crippen molar-refractivity contribution in [1.29, 1.82) is 0 Å². The van der Waals surface area contributed by atoms with Crippen molar-refractivity contribution in [2.45, 2.75) is 12.8 Å². The van der Waals surface area contributed by atoms with Gasteiger partial charge in [0.15, 0.2) is 0 Å². The minimum atomic E-state index is -0.261. The summed E-state index contributed by atoms with van der Waals surface area (Å²) in [6.07, 6.45) is 3.60. The van der Waals surface area contributed by atoms with Gasteiger partial charge in [0.1, 0.15) is 5.75 Å². The summed E-state index contributed by atoms with van der Waals surface area (Å²) in [5, 5.41) is 1.04. The molecule has 1 amide bonds. The lowest BCUT2D eigenvalue weighted by molar-refractivity contribution is 0.163. The van der Waals surface area contributed by atoms with E-state index in [9.17, 15) is 4.79 Å². The molecular formula is C14H14N2O2. The quantitative estimate of drug-likeness (QED) is 0.772. The first-order valence-electron chi connectivity index (χ1n) is 6.14. The van der Waals surface area contributed by atoms with Crippen LogP contribution >= 0.6 is 0 Å². The molecule has 4 heteroatoms. The van der Waals surface area contributed by atoms with E-state index in [0.29, 0.717) is 5.75 Å². The van der Waals surface area contributed by atoms with Crippen molar-refractivity contribution in [2.75, 3.05) is 13.1 Å². The average molecular weight is 242 g/mol. The van der Waals surface area contributed by atoms with Crippen molar-refractivity contribution in [3.05, 3.63) is 36.5 Å². The van der Waals surface area contributed by atoms with Gasteiger partial charge in [0, 0.05) is 30.7 Å². The van der Waals surface area contributed by atoms with Crippen molar-refractivity contribution < 1.29 is 9.53 Å². The summed E-state index contributed by atoms with van der Waals surface area (Å²) in [5.74, 6) is 0.554. The first-order valence-corrected chi connectivity index (χ1v) is 6.14. The monoisotopic (exact) mass is 242 g/mol. The van der Waals surface area contributed by atoms with Gasteiger partial charge in [-0.2, -0.15) is 0 Å². The van der Waals surface area contributed by atoms with Gasteiger partial charge in [-0.25, -0.2) is 4.79 Å². The Hall–Kier alpha value is -2.10. The summed E-state index contributed by atoms with van der Waals surface area (Å²) in [7, 11) is 0. The van der Waals surface area contributed by atoms with E-state index >= 15 is 0 Å². The number of carbonyl (C=O) groups is 1. The van der Waals surface area contributed by atoms with Crippen LogP contribution in [0.5, 0.6) is 5.75 Å². The lowest BCUT2D eigenvalue weighted by Crippen LogP contribution is -2.30. The number of hydrogen-bond donors (Lipinski definition) is 0. The third-order valence-electron chi connectivity index (χ3n) is 3.15. The van der Waals surface area contributed by atoms with Crippen molar-refractivity contribution in [1.82, 2.24) is 9.88 Å². The van der Waals surface area contributed by atoms with Gasteiger partial charge in [0.05, 0.1) is 5.52 Å². The van der Waals surface area contributed by atoms with E-state index in [-0.39, 0.29) is 6.09 Å². The predicted molar refractivity (Wildman–Crippen MR) is 68.6 cm³/mol. The maximum absolute atomic E-state index is 11.8. The van der Waals surface area contributed by atoms with Crippen LogP contribution in [-0.2, 0) is 0 Å². The number of hydrogen-bond acceptors (Lipinski definition) is 3. The minimum absolute atomic E-state index is 0.261. The molecule has 1 aromatic heterocycles. The molecule has 1 aliphatic rings. The number of ether oxygens (including phenoxy) is 1. The van der Waals surface area contributed by atoms with Gasteiger partial charge in [0.2, 0.25) is 0 Å². The molecule has 0 saturated carbocycles. The van der Waals surface area contributed by atoms with E-state index in [1.165, 1.54) is 0 Å². The highest BCUT2D eigenvalue weighted by atomic mass is 16.6. The molecule has 2 aromatic rings. The van der Waals surface area contributed by atoms with Crippen molar-refractivity contribution in [2.24, 2.45) is 0 Å². The Bertz CT molecular complexity index is 577. The molecule has 2 heterocycles. The molecule has 92 valence electrons. The molecule has 0 radical (unpaired) electrons. The zero-order chi connectivity index (χ0) is 12.4. The zero-order valence-electron chi connectivity index (χ0n) is 10.0. The molecule has 0 spiro atoms. The summed E-state index contributed by atoms with van der Waals surface area (Å²) in [6, 6.07) is 9.38. The summed E-state index contributed by atoms with van der Waals surface area (Å²) < 4.78 is 5.35. The van der Waals surface area contributed by atoms with Crippen LogP contribution < -0.4 is 4.74 Å². The fourth-order valence-corrected chi connectivity index (χ4v) is 2.17. The number of rotatable bonds is 1. The Kier molecular flexibility index (Phi) is 2.84. The van der Waals surface area contributed by atoms with Crippen LogP contribution in [0.25, 0.3) is 10.9 Å². The van der Waals surface area contributed by atoms with Crippen molar-refractivity contribution in [3.63, 3.8) is 0 Å². The van der Waals surface area contributed by atoms with E-state index in [2.05, 4.69) is 4.98 Å². The molecular weight excluding hydrogens is 228 g/mol. The summed E-state index contributed by atoms with van der Waals surface area (Å²) in [6.45, 7) is 1.59. The molecule has 3 rings (SSSR count). The van der Waals surface area contributed by atoms with E-state index in [4.69, 9.17) is 4.74 Å². The van der Waals surface area contributed by atoms with Gasteiger partial charge < -0.3 is 9.64 Å². The van der Waals surface area contributed by atoms with Gasteiger partial charge in [-0.05, 0) is 31.0 Å². The van der Waals surface area contributed by atoms with E-state index in [1.807, 2.05) is 18.2 Å². The second-order valence-electron chi connectivity index (χ2n) is 4.42. The Labute approximate surface area is 105 Å². The Morgan fingerprint density at radius 1 is 1.22 bits per heavy atom. The predicted octanol–water partition coefficient (Wildman–Crippen LogP) is 2.83. The average Bonchev–Trinajstić information content (AvgIpc) is 2.92. The van der Waals surface area contributed by atoms with Crippen LogP contribution in [0, 0.1) is 0 Å². The lowest BCUT2D eigenvalue weighted by atomic mass is 10.2. The highest BCUT2D eigenvalue weighted by Crippen LogP contribution is 2.20. The molecule has 1 aromatic carbocycles. The molecule has 0 atom stereocenters. The lowest BCUT2D eigenvalue weighted by Gasteiger charge is -2.14. The van der Waals surface area contributed by atoms with E-state index in [0.717, 1.165) is 36.8 Å². The molecule has 1 saturated heterocycles. The molecule has 1 fully saturated rings. The smallest absolute Gasteiger partial charge is 0.410 e. The number of carbonyl (C=O) groups excluding carboxylic acids is 1. The molecule has 4 nitrogen and oxygen atoms in total. The van der Waals surface area contributed by atoms with E-state index in [1.54, 1.807) is 23.2 Å². The van der Waals surface area contributed by atoms with Crippen LogP contribution in [0.2, 0.25) is 0 Å². The second-order valence-corrected chi connectivity index (χ2v) is 4.42. The van der Waals surface area contributed by atoms with Crippen molar-refractivity contribution >= 4 is 17.0 Å². The maximum atomic E-state index is 11.8. The molecule has 0 unspecified atom stereocenters. The van der Waals surface area contributed by atoms with Crippen LogP contribution in [0.1, 0.15) is 12.8 Å². The van der Waals surface area contributed by atoms with E-state index < -0.39 is 0 Å². The molecule has 0 N–H and O–H groups in total. The summed E-state index contributed by atoms with van der Waals surface area (Å²) in [5.41, 5.74) is 0.837. The van der Waals surface area contributed by atoms with Gasteiger partial charge in [0.25, 0.3) is 0 Å². The van der Waals surface area contributed by atoms with Crippen LogP contribution in [0.4, 0.5) is 4.79 Å². The normalized spacial score (nSPS) is 15.0. The minimum Gasteiger partial charge on any atom is -0.410 e. The van der Waals surface area contributed by atoms with Crippen LogP contribution in [-0.4, -0.2) is 29.1 Å². The third-order valence-corrected chi connectivity index (χ3v) is 3.15. The third kappa shape index (κ3) is 2.14. The highest BCUT2D eigenvalue weighted by molar-refractivity contribution is 5.81. The number of likely N-dealkylation sites (tertiary alicyclic amines) is 1. The molecule has 18 heavy (non-hydrogen) atoms. The number of fused-ring (bicyclic) bond motifs is 1. The van der Waals surface area contributed by atoms with Crippen LogP contribution in [0.15, 0.2) is 36.5 Å². The second kappa shape index (κ2) is 4.64. The SMILES string of the molecule is O=C(Oc1ccc2cccnc2c1)N1CCCC1. The topological polar surface area (TPSA) is 42.4 Å².